The molecule has 7 heteroatoms. The molecule has 1 aliphatic rings. The minimum absolute atomic E-state index is 0.0485. The summed E-state index contributed by atoms with van der Waals surface area (Å²) in [6.07, 6.45) is 0. The van der Waals surface area contributed by atoms with Crippen molar-refractivity contribution in [2.45, 2.75) is 6.92 Å². The fourth-order valence-electron chi connectivity index (χ4n) is 3.50. The van der Waals surface area contributed by atoms with Crippen LogP contribution in [0.2, 0.25) is 0 Å². The molecule has 0 unspecified atom stereocenters. The molecule has 4 rings (SSSR count). The molecule has 2 aromatic carbocycles. The van der Waals surface area contributed by atoms with Crippen LogP contribution in [0.1, 0.15) is 5.56 Å². The summed E-state index contributed by atoms with van der Waals surface area (Å²) < 4.78 is 0.685. The van der Waals surface area contributed by atoms with E-state index in [-0.39, 0.29) is 12.4 Å². The SMILES string of the molecule is Cc1ccc2c(N3CCN([C](=[Co])CO)CC3)nc(-c3ccccc3O)nc2c1. The van der Waals surface area contributed by atoms with Crippen molar-refractivity contribution in [2.24, 2.45) is 0 Å². The summed E-state index contributed by atoms with van der Waals surface area (Å²) in [7, 11) is 0. The topological polar surface area (TPSA) is 72.7 Å². The maximum atomic E-state index is 10.3. The third-order valence-electron chi connectivity index (χ3n) is 5.01. The molecule has 28 heavy (non-hydrogen) atoms. The zero-order valence-corrected chi connectivity index (χ0v) is 16.6. The number of aliphatic hydroxyl groups excluding tert-OH is 1. The minimum atomic E-state index is -0.0485. The number of hydrogen-bond donors (Lipinski definition) is 2. The number of aryl methyl sites for hydroxylation is 1. The molecule has 6 nitrogen and oxygen atoms in total. The van der Waals surface area contributed by atoms with Gasteiger partial charge in [-0.05, 0) is 0 Å². The van der Waals surface area contributed by atoms with Crippen molar-refractivity contribution in [2.75, 3.05) is 37.7 Å². The van der Waals surface area contributed by atoms with Gasteiger partial charge in [-0.25, -0.2) is 0 Å². The van der Waals surface area contributed by atoms with Crippen molar-refractivity contribution in [1.29, 1.82) is 0 Å². The van der Waals surface area contributed by atoms with Gasteiger partial charge in [-0.2, -0.15) is 0 Å². The number of anilines is 1. The van der Waals surface area contributed by atoms with Crippen molar-refractivity contribution in [1.82, 2.24) is 14.9 Å². The van der Waals surface area contributed by atoms with Crippen molar-refractivity contribution >= 4 is 21.3 Å². The van der Waals surface area contributed by atoms with E-state index in [1.807, 2.05) is 25.1 Å². The number of para-hydroxylation sites is 1. The first-order valence-corrected chi connectivity index (χ1v) is 9.75. The molecule has 2 N–H and O–H groups in total. The van der Waals surface area contributed by atoms with Gasteiger partial charge in [-0.15, -0.1) is 0 Å². The summed E-state index contributed by atoms with van der Waals surface area (Å²) in [6, 6.07) is 13.3. The molecular formula is C21H22CoN4O2. The number of fused-ring (bicyclic) bond motifs is 1. The summed E-state index contributed by atoms with van der Waals surface area (Å²) in [6.45, 7) is 5.06. The predicted molar refractivity (Wildman–Crippen MR) is 107 cm³/mol. The second-order valence-electron chi connectivity index (χ2n) is 6.89. The normalized spacial score (nSPS) is 15.2. The van der Waals surface area contributed by atoms with Gasteiger partial charge in [-0.1, -0.05) is 0 Å². The Bertz CT molecular complexity index is 1030. The predicted octanol–water partition coefficient (Wildman–Crippen LogP) is 2.10. The van der Waals surface area contributed by atoms with Crippen LogP contribution in [0.5, 0.6) is 5.75 Å². The Morgan fingerprint density at radius 3 is 2.54 bits per heavy atom. The molecular weight excluding hydrogens is 399 g/mol. The molecule has 0 radical (unpaired) electrons. The van der Waals surface area contributed by atoms with E-state index in [0.29, 0.717) is 16.0 Å². The Morgan fingerprint density at radius 1 is 1.07 bits per heavy atom. The van der Waals surface area contributed by atoms with Gasteiger partial charge in [0.05, 0.1) is 0 Å². The summed E-state index contributed by atoms with van der Waals surface area (Å²) in [5, 5.41) is 20.6. The number of rotatable bonds is 4. The number of nitrogens with zero attached hydrogens (tertiary/aromatic N) is 4. The van der Waals surface area contributed by atoms with E-state index in [9.17, 15) is 10.2 Å². The van der Waals surface area contributed by atoms with Gasteiger partial charge in [0.15, 0.2) is 0 Å². The number of phenols is 1. The van der Waals surface area contributed by atoms with Gasteiger partial charge >= 0.3 is 171 Å². The van der Waals surface area contributed by atoms with Crippen LogP contribution in [0.4, 0.5) is 5.82 Å². The number of hydrogen-bond acceptors (Lipinski definition) is 6. The van der Waals surface area contributed by atoms with Crippen LogP contribution in [0.15, 0.2) is 42.5 Å². The van der Waals surface area contributed by atoms with E-state index < -0.39 is 0 Å². The third kappa shape index (κ3) is 3.66. The second-order valence-corrected chi connectivity index (χ2v) is 7.49. The molecule has 0 bridgehead atoms. The van der Waals surface area contributed by atoms with Crippen LogP contribution in [0, 0.1) is 6.92 Å². The Hall–Kier alpha value is -2.32. The van der Waals surface area contributed by atoms with E-state index in [1.165, 1.54) is 0 Å². The molecule has 2 heterocycles. The number of aliphatic hydroxyl groups is 1. The molecule has 3 aromatic rings. The van der Waals surface area contributed by atoms with Crippen molar-refractivity contribution in [3.63, 3.8) is 0 Å². The van der Waals surface area contributed by atoms with Crippen molar-refractivity contribution in [3.8, 4) is 17.1 Å². The van der Waals surface area contributed by atoms with Gasteiger partial charge in [0.1, 0.15) is 0 Å². The van der Waals surface area contributed by atoms with Crippen LogP contribution in [-0.2, 0) is 15.3 Å². The van der Waals surface area contributed by atoms with Gasteiger partial charge < -0.3 is 0 Å². The van der Waals surface area contributed by atoms with E-state index in [4.69, 9.17) is 9.97 Å². The first kappa shape index (κ1) is 19.0. The zero-order chi connectivity index (χ0) is 19.7. The quantitative estimate of drug-likeness (QED) is 0.673. The summed E-state index contributed by atoms with van der Waals surface area (Å²) >= 11 is 4.41. The average Bonchev–Trinajstić information content (AvgIpc) is 2.72. The number of aromatic nitrogens is 2. The molecule has 1 saturated heterocycles. The van der Waals surface area contributed by atoms with Crippen LogP contribution in [0.25, 0.3) is 22.3 Å². The number of piperazine rings is 1. The summed E-state index contributed by atoms with van der Waals surface area (Å²) in [5.74, 6) is 1.55. The Labute approximate surface area is 171 Å². The number of aromatic hydroxyl groups is 1. The van der Waals surface area contributed by atoms with Crippen LogP contribution >= 0.6 is 0 Å². The van der Waals surface area contributed by atoms with Gasteiger partial charge in [0.2, 0.25) is 0 Å². The Balaban J connectivity index is 1.77. The standard InChI is InChI=1S/C21H22N4O2.Co/c1-15-6-7-16-18(14-15)22-20(17-4-2-3-5-19(17)27)23-21(16)25-10-8-24(9-11-25)12-13-26;/h2-7,14,26-27H,8-11,13H2,1H3;. The zero-order valence-electron chi connectivity index (χ0n) is 15.6. The van der Waals surface area contributed by atoms with Crippen LogP contribution in [-0.4, -0.2) is 62.4 Å². The summed E-state index contributed by atoms with van der Waals surface area (Å²) in [4.78, 5) is 13.9. The first-order valence-electron chi connectivity index (χ1n) is 9.23. The number of benzene rings is 2. The fourth-order valence-corrected chi connectivity index (χ4v) is 3.73. The van der Waals surface area contributed by atoms with E-state index in [2.05, 4.69) is 37.2 Å². The third-order valence-corrected chi connectivity index (χ3v) is 5.50. The van der Waals surface area contributed by atoms with Gasteiger partial charge in [0, 0.05) is 0 Å². The van der Waals surface area contributed by atoms with E-state index in [1.54, 1.807) is 12.1 Å². The van der Waals surface area contributed by atoms with E-state index >= 15 is 0 Å². The molecule has 147 valence electrons. The molecule has 0 amide bonds. The van der Waals surface area contributed by atoms with Crippen LogP contribution in [0.3, 0.4) is 0 Å². The maximum absolute atomic E-state index is 10.3. The van der Waals surface area contributed by atoms with Crippen LogP contribution < -0.4 is 4.90 Å². The molecule has 0 saturated carbocycles. The second kappa shape index (κ2) is 7.96. The Morgan fingerprint density at radius 2 is 1.82 bits per heavy atom. The van der Waals surface area contributed by atoms with Gasteiger partial charge in [-0.3, -0.25) is 0 Å². The molecule has 0 aliphatic carbocycles. The van der Waals surface area contributed by atoms with Crippen molar-refractivity contribution < 1.29 is 25.5 Å². The molecule has 0 atom stereocenters. The average molecular weight is 421 g/mol. The summed E-state index contributed by atoms with van der Waals surface area (Å²) in [5.41, 5.74) is 2.61. The molecule has 0 spiro atoms. The van der Waals surface area contributed by atoms with E-state index in [0.717, 1.165) is 48.5 Å². The van der Waals surface area contributed by atoms with Crippen molar-refractivity contribution in [3.05, 3.63) is 48.0 Å². The Kier molecular flexibility index (Phi) is 5.41. The van der Waals surface area contributed by atoms with Gasteiger partial charge in [0.25, 0.3) is 0 Å². The molecule has 1 aromatic heterocycles. The fraction of sp³-hybridized carbons (Fsp3) is 0.286. The monoisotopic (exact) mass is 421 g/mol. The molecule has 1 aliphatic heterocycles. The number of phenolic OH excluding ortho intramolecular Hbond substituents is 1. The first-order chi connectivity index (χ1) is 13.6. The molecule has 1 fully saturated rings.